The molecular formula is C15H27N5O3S2. The maximum absolute atomic E-state index is 12.0. The van der Waals surface area contributed by atoms with Gasteiger partial charge in [0.15, 0.2) is 5.96 Å². The predicted octanol–water partition coefficient (Wildman–Crippen LogP) is -0.0386. The lowest BCUT2D eigenvalue weighted by Gasteiger charge is -2.26. The first-order valence-electron chi connectivity index (χ1n) is 8.37. The number of sulfonamides is 1. The first-order valence-corrected chi connectivity index (χ1v) is 10.7. The smallest absolute Gasteiger partial charge is 0.250 e. The minimum atomic E-state index is -3.44. The molecule has 2 rings (SSSR count). The first-order chi connectivity index (χ1) is 12.0. The molecule has 1 aromatic heterocycles. The van der Waals surface area contributed by atoms with E-state index < -0.39 is 10.0 Å². The van der Waals surface area contributed by atoms with Crippen LogP contribution in [0.3, 0.4) is 0 Å². The van der Waals surface area contributed by atoms with Gasteiger partial charge in [0.2, 0.25) is 10.0 Å². The van der Waals surface area contributed by atoms with Crippen LogP contribution in [0.5, 0.6) is 0 Å². The molecule has 0 radical (unpaired) electrons. The van der Waals surface area contributed by atoms with Crippen LogP contribution in [0.15, 0.2) is 21.3 Å². The molecule has 0 saturated carbocycles. The number of morpholine rings is 1. The molecule has 0 aromatic carbocycles. The topological polar surface area (TPSA) is 109 Å². The minimum absolute atomic E-state index is 0.253. The van der Waals surface area contributed by atoms with E-state index in [4.69, 9.17) is 10.5 Å². The van der Waals surface area contributed by atoms with Crippen LogP contribution in [0.25, 0.3) is 0 Å². The molecule has 4 N–H and O–H groups in total. The average molecular weight is 390 g/mol. The standard InChI is InChI=1S/C15H27N5O3S2/c1-13-3-4-14(24-13)25(21,22)19-7-6-18-15(16)17-5-2-8-20-9-11-23-12-10-20/h3-4,19H,2,5-12H2,1H3,(H3,16,17,18). The number of hydrogen-bond acceptors (Lipinski definition) is 6. The number of nitrogens with two attached hydrogens (primary N) is 1. The lowest BCUT2D eigenvalue weighted by Crippen LogP contribution is -2.39. The number of rotatable bonds is 9. The van der Waals surface area contributed by atoms with Crippen molar-refractivity contribution < 1.29 is 13.2 Å². The normalized spacial score (nSPS) is 16.9. The van der Waals surface area contributed by atoms with Crippen molar-refractivity contribution in [2.45, 2.75) is 17.6 Å². The predicted molar refractivity (Wildman–Crippen MR) is 101 cm³/mol. The van der Waals surface area contributed by atoms with Crippen molar-refractivity contribution in [3.05, 3.63) is 17.0 Å². The zero-order valence-corrected chi connectivity index (χ0v) is 16.2. The molecule has 0 unspecified atom stereocenters. The van der Waals surface area contributed by atoms with Crippen molar-refractivity contribution in [1.29, 1.82) is 0 Å². The third-order valence-corrected chi connectivity index (χ3v) is 6.68. The highest BCUT2D eigenvalue weighted by molar-refractivity contribution is 7.91. The zero-order chi connectivity index (χ0) is 18.1. The van der Waals surface area contributed by atoms with Crippen molar-refractivity contribution >= 4 is 27.3 Å². The first kappa shape index (κ1) is 20.1. The van der Waals surface area contributed by atoms with Gasteiger partial charge in [-0.2, -0.15) is 0 Å². The Morgan fingerprint density at radius 3 is 2.80 bits per heavy atom. The molecule has 1 aliphatic rings. The number of nitrogens with one attached hydrogen (secondary N) is 2. The molecular weight excluding hydrogens is 362 g/mol. The maximum atomic E-state index is 12.0. The van der Waals surface area contributed by atoms with Gasteiger partial charge in [-0.3, -0.25) is 9.89 Å². The molecule has 0 atom stereocenters. The van der Waals surface area contributed by atoms with Crippen molar-refractivity contribution in [2.75, 3.05) is 52.5 Å². The second kappa shape index (κ2) is 10.1. The Labute approximate surface area is 153 Å². The summed E-state index contributed by atoms with van der Waals surface area (Å²) >= 11 is 1.25. The summed E-state index contributed by atoms with van der Waals surface area (Å²) in [5.74, 6) is 0.341. The fraction of sp³-hybridized carbons (Fsp3) is 0.667. The molecule has 1 fully saturated rings. The Morgan fingerprint density at radius 2 is 2.12 bits per heavy atom. The second-order valence-electron chi connectivity index (χ2n) is 5.76. The van der Waals surface area contributed by atoms with E-state index in [2.05, 4.69) is 19.9 Å². The fourth-order valence-corrected chi connectivity index (χ4v) is 4.74. The summed E-state index contributed by atoms with van der Waals surface area (Å²) in [6, 6.07) is 3.40. The summed E-state index contributed by atoms with van der Waals surface area (Å²) in [6.45, 7) is 7.70. The molecule has 10 heteroatoms. The fourth-order valence-electron chi connectivity index (χ4n) is 2.38. The van der Waals surface area contributed by atoms with Gasteiger partial charge in [-0.25, -0.2) is 13.1 Å². The molecule has 2 heterocycles. The monoisotopic (exact) mass is 389 g/mol. The van der Waals surface area contributed by atoms with Crippen LogP contribution in [0.4, 0.5) is 0 Å². The van der Waals surface area contributed by atoms with Gasteiger partial charge >= 0.3 is 0 Å². The van der Waals surface area contributed by atoms with Gasteiger partial charge in [-0.1, -0.05) is 0 Å². The van der Waals surface area contributed by atoms with Crippen molar-refractivity contribution in [1.82, 2.24) is 14.9 Å². The largest absolute Gasteiger partial charge is 0.379 e. The van der Waals surface area contributed by atoms with Gasteiger partial charge in [0, 0.05) is 44.1 Å². The third-order valence-electron chi connectivity index (χ3n) is 3.72. The summed E-state index contributed by atoms with van der Waals surface area (Å²) in [7, 11) is -3.44. The Bertz CT molecular complexity index is 654. The van der Waals surface area contributed by atoms with E-state index in [1.807, 2.05) is 6.92 Å². The number of aryl methyl sites for hydroxylation is 1. The Balaban J connectivity index is 1.58. The Morgan fingerprint density at radius 1 is 1.36 bits per heavy atom. The Kier molecular flexibility index (Phi) is 8.10. The van der Waals surface area contributed by atoms with Crippen LogP contribution in [0.1, 0.15) is 11.3 Å². The van der Waals surface area contributed by atoms with Crippen LogP contribution in [0.2, 0.25) is 0 Å². The van der Waals surface area contributed by atoms with Crippen molar-refractivity contribution in [2.24, 2.45) is 10.7 Å². The summed E-state index contributed by atoms with van der Waals surface area (Å²) in [5, 5.41) is 2.92. The molecule has 0 bridgehead atoms. The average Bonchev–Trinajstić information content (AvgIpc) is 3.04. The highest BCUT2D eigenvalue weighted by atomic mass is 32.2. The molecule has 0 amide bonds. The summed E-state index contributed by atoms with van der Waals surface area (Å²) in [4.78, 5) is 7.57. The van der Waals surface area contributed by atoms with Gasteiger partial charge in [0.05, 0.1) is 13.2 Å². The van der Waals surface area contributed by atoms with E-state index in [0.29, 0.717) is 23.3 Å². The van der Waals surface area contributed by atoms with E-state index >= 15 is 0 Å². The van der Waals surface area contributed by atoms with E-state index in [9.17, 15) is 8.42 Å². The Hall–Kier alpha value is -1.20. The van der Waals surface area contributed by atoms with E-state index in [-0.39, 0.29) is 6.54 Å². The minimum Gasteiger partial charge on any atom is -0.379 e. The van der Waals surface area contributed by atoms with Gasteiger partial charge in [-0.05, 0) is 25.5 Å². The SMILES string of the molecule is Cc1ccc(S(=O)(=O)NCCNC(N)=NCCCN2CCOCC2)s1. The van der Waals surface area contributed by atoms with Crippen LogP contribution in [-0.4, -0.2) is 71.8 Å². The van der Waals surface area contributed by atoms with Gasteiger partial charge in [0.1, 0.15) is 4.21 Å². The van der Waals surface area contributed by atoms with Crippen LogP contribution >= 0.6 is 11.3 Å². The number of ether oxygens (including phenoxy) is 1. The molecule has 8 nitrogen and oxygen atoms in total. The third kappa shape index (κ3) is 7.28. The second-order valence-corrected chi connectivity index (χ2v) is 9.05. The highest BCUT2D eigenvalue weighted by Crippen LogP contribution is 2.19. The van der Waals surface area contributed by atoms with Crippen LogP contribution in [0, 0.1) is 6.92 Å². The van der Waals surface area contributed by atoms with Gasteiger partial charge < -0.3 is 15.8 Å². The molecule has 0 aliphatic carbocycles. The number of nitrogens with zero attached hydrogens (tertiary/aromatic N) is 2. The molecule has 0 spiro atoms. The molecule has 25 heavy (non-hydrogen) atoms. The summed E-state index contributed by atoms with van der Waals surface area (Å²) < 4.78 is 32.3. The van der Waals surface area contributed by atoms with Crippen LogP contribution < -0.4 is 15.8 Å². The molecule has 1 aliphatic heterocycles. The quantitative estimate of drug-likeness (QED) is 0.311. The summed E-state index contributed by atoms with van der Waals surface area (Å²) in [6.07, 6.45) is 0.937. The van der Waals surface area contributed by atoms with Crippen LogP contribution in [-0.2, 0) is 14.8 Å². The maximum Gasteiger partial charge on any atom is 0.250 e. The summed E-state index contributed by atoms with van der Waals surface area (Å²) in [5.41, 5.74) is 5.79. The lowest BCUT2D eigenvalue weighted by molar-refractivity contribution is 0.0377. The number of thiophene rings is 1. The van der Waals surface area contributed by atoms with E-state index in [0.717, 1.165) is 44.1 Å². The van der Waals surface area contributed by atoms with Crippen molar-refractivity contribution in [3.63, 3.8) is 0 Å². The molecule has 142 valence electrons. The molecule has 1 saturated heterocycles. The van der Waals surface area contributed by atoms with E-state index in [1.54, 1.807) is 12.1 Å². The zero-order valence-electron chi connectivity index (χ0n) is 14.5. The number of aliphatic imine (C=N–C) groups is 1. The number of hydrogen-bond donors (Lipinski definition) is 3. The van der Waals surface area contributed by atoms with Gasteiger partial charge in [0.25, 0.3) is 0 Å². The van der Waals surface area contributed by atoms with Crippen molar-refractivity contribution in [3.8, 4) is 0 Å². The molecule has 1 aromatic rings. The van der Waals surface area contributed by atoms with E-state index in [1.165, 1.54) is 11.3 Å². The highest BCUT2D eigenvalue weighted by Gasteiger charge is 2.15. The number of guanidine groups is 1. The van der Waals surface area contributed by atoms with Gasteiger partial charge in [-0.15, -0.1) is 11.3 Å². The lowest BCUT2D eigenvalue weighted by atomic mass is 10.3.